The molecule has 0 spiro atoms. The molecule has 0 radical (unpaired) electrons. The molecule has 1 saturated heterocycles. The van der Waals surface area contributed by atoms with Gasteiger partial charge in [0.05, 0.1) is 5.75 Å². The minimum atomic E-state index is -3.20. The minimum absolute atomic E-state index is 0.0666. The molecule has 6 nitrogen and oxygen atoms in total. The molecular formula is C16H21BrN2O4S. The van der Waals surface area contributed by atoms with Crippen LogP contribution in [0.3, 0.4) is 0 Å². The van der Waals surface area contributed by atoms with Crippen LogP contribution in [0.4, 0.5) is 0 Å². The lowest BCUT2D eigenvalue weighted by Gasteiger charge is -2.33. The molecule has 0 aliphatic carbocycles. The highest BCUT2D eigenvalue weighted by molar-refractivity contribution is 9.10. The predicted octanol–water partition coefficient (Wildman–Crippen LogP) is 1.91. The van der Waals surface area contributed by atoms with E-state index >= 15 is 0 Å². The summed E-state index contributed by atoms with van der Waals surface area (Å²) in [6.45, 7) is 3.01. The second-order valence-electron chi connectivity index (χ2n) is 5.61. The van der Waals surface area contributed by atoms with Crippen molar-refractivity contribution in [2.24, 2.45) is 0 Å². The molecule has 132 valence electrons. The van der Waals surface area contributed by atoms with Gasteiger partial charge in [-0.2, -0.15) is 4.31 Å². The fourth-order valence-electron chi connectivity index (χ4n) is 2.56. The zero-order valence-corrected chi connectivity index (χ0v) is 16.0. The third kappa shape index (κ3) is 4.87. The third-order valence-electron chi connectivity index (χ3n) is 4.08. The lowest BCUT2D eigenvalue weighted by molar-refractivity contribution is -0.132. The first kappa shape index (κ1) is 19.1. The lowest BCUT2D eigenvalue weighted by Crippen LogP contribution is -2.50. The van der Waals surface area contributed by atoms with Crippen molar-refractivity contribution in [1.29, 1.82) is 0 Å². The molecule has 1 aliphatic heterocycles. The molecule has 0 bridgehead atoms. The zero-order chi connectivity index (χ0) is 17.7. The van der Waals surface area contributed by atoms with Gasteiger partial charge < -0.3 is 4.90 Å². The number of hydrogen-bond acceptors (Lipinski definition) is 4. The average Bonchev–Trinajstić information content (AvgIpc) is 2.60. The Labute approximate surface area is 151 Å². The molecule has 1 aromatic carbocycles. The number of halogens is 1. The number of nitrogens with zero attached hydrogens (tertiary/aromatic N) is 2. The smallest absolute Gasteiger partial charge is 0.223 e. The van der Waals surface area contributed by atoms with Crippen molar-refractivity contribution < 1.29 is 18.0 Å². The maximum atomic E-state index is 12.2. The second kappa shape index (κ2) is 8.22. The normalized spacial score (nSPS) is 16.2. The first-order chi connectivity index (χ1) is 11.3. The minimum Gasteiger partial charge on any atom is -0.340 e. The van der Waals surface area contributed by atoms with Gasteiger partial charge in [0.2, 0.25) is 15.9 Å². The van der Waals surface area contributed by atoms with Gasteiger partial charge in [0.1, 0.15) is 0 Å². The van der Waals surface area contributed by atoms with E-state index < -0.39 is 10.0 Å². The van der Waals surface area contributed by atoms with Gasteiger partial charge in [-0.3, -0.25) is 9.59 Å². The van der Waals surface area contributed by atoms with Crippen LogP contribution in [-0.4, -0.2) is 61.2 Å². The van der Waals surface area contributed by atoms with Crippen molar-refractivity contribution in [3.63, 3.8) is 0 Å². The van der Waals surface area contributed by atoms with Gasteiger partial charge in [-0.1, -0.05) is 28.1 Å². The first-order valence-corrected chi connectivity index (χ1v) is 10.3. The quantitative estimate of drug-likeness (QED) is 0.663. The summed E-state index contributed by atoms with van der Waals surface area (Å²) < 4.78 is 25.9. The Bertz CT molecular complexity index is 695. The van der Waals surface area contributed by atoms with Crippen LogP contribution in [0.5, 0.6) is 0 Å². The summed E-state index contributed by atoms with van der Waals surface area (Å²) in [6, 6.07) is 7.04. The van der Waals surface area contributed by atoms with E-state index in [1.54, 1.807) is 36.1 Å². The number of Topliss-reactive ketones (excluding diaryl/α,β-unsaturated/α-hetero) is 1. The monoisotopic (exact) mass is 416 g/mol. The van der Waals surface area contributed by atoms with E-state index in [0.29, 0.717) is 31.7 Å². The highest BCUT2D eigenvalue weighted by Crippen LogP contribution is 2.14. The van der Waals surface area contributed by atoms with Crippen LogP contribution < -0.4 is 0 Å². The summed E-state index contributed by atoms with van der Waals surface area (Å²) in [6.07, 6.45) is 0.309. The van der Waals surface area contributed by atoms with Crippen LogP contribution in [0.25, 0.3) is 0 Å². The van der Waals surface area contributed by atoms with Gasteiger partial charge in [0.15, 0.2) is 5.78 Å². The number of carbonyl (C=O) groups is 2. The van der Waals surface area contributed by atoms with E-state index in [4.69, 9.17) is 0 Å². The molecule has 2 rings (SSSR count). The number of sulfonamides is 1. The molecule has 24 heavy (non-hydrogen) atoms. The molecule has 0 N–H and O–H groups in total. The Morgan fingerprint density at radius 1 is 1.04 bits per heavy atom. The number of carbonyl (C=O) groups excluding carboxylic acids is 2. The highest BCUT2D eigenvalue weighted by atomic mass is 79.9. The van der Waals surface area contributed by atoms with E-state index in [1.165, 1.54) is 4.31 Å². The van der Waals surface area contributed by atoms with Crippen molar-refractivity contribution in [3.8, 4) is 0 Å². The summed E-state index contributed by atoms with van der Waals surface area (Å²) in [5.74, 6) is -0.0973. The molecule has 0 saturated carbocycles. The van der Waals surface area contributed by atoms with Gasteiger partial charge in [-0.15, -0.1) is 0 Å². The summed E-state index contributed by atoms with van der Waals surface area (Å²) >= 11 is 3.31. The van der Waals surface area contributed by atoms with Crippen molar-refractivity contribution in [2.45, 2.75) is 19.8 Å². The van der Waals surface area contributed by atoms with Crippen molar-refractivity contribution in [2.75, 3.05) is 31.9 Å². The van der Waals surface area contributed by atoms with Crippen LogP contribution >= 0.6 is 15.9 Å². The summed E-state index contributed by atoms with van der Waals surface area (Å²) in [5, 5.41) is 0. The van der Waals surface area contributed by atoms with E-state index in [1.807, 2.05) is 0 Å². The Morgan fingerprint density at radius 2 is 1.62 bits per heavy atom. The highest BCUT2D eigenvalue weighted by Gasteiger charge is 2.27. The Hall–Kier alpha value is -1.25. The fourth-order valence-corrected chi connectivity index (χ4v) is 3.91. The topological polar surface area (TPSA) is 74.8 Å². The Kier molecular flexibility index (Phi) is 6.54. The van der Waals surface area contributed by atoms with E-state index in [0.717, 1.165) is 4.47 Å². The van der Waals surface area contributed by atoms with Crippen LogP contribution in [-0.2, 0) is 14.8 Å². The average molecular weight is 417 g/mol. The summed E-state index contributed by atoms with van der Waals surface area (Å²) in [4.78, 5) is 25.9. The van der Waals surface area contributed by atoms with Crippen molar-refractivity contribution >= 4 is 37.6 Å². The maximum Gasteiger partial charge on any atom is 0.223 e. The van der Waals surface area contributed by atoms with Crippen molar-refractivity contribution in [3.05, 3.63) is 34.3 Å². The van der Waals surface area contributed by atoms with Gasteiger partial charge in [0.25, 0.3) is 0 Å². The van der Waals surface area contributed by atoms with Gasteiger partial charge in [-0.05, 0) is 19.1 Å². The maximum absolute atomic E-state index is 12.2. The molecule has 0 atom stereocenters. The number of benzene rings is 1. The number of piperazine rings is 1. The second-order valence-corrected chi connectivity index (χ2v) is 8.78. The Morgan fingerprint density at radius 3 is 2.17 bits per heavy atom. The van der Waals surface area contributed by atoms with Crippen LogP contribution in [0.1, 0.15) is 30.1 Å². The van der Waals surface area contributed by atoms with E-state index in [-0.39, 0.29) is 30.3 Å². The molecule has 1 heterocycles. The van der Waals surface area contributed by atoms with Gasteiger partial charge >= 0.3 is 0 Å². The van der Waals surface area contributed by atoms with Crippen LogP contribution in [0.2, 0.25) is 0 Å². The molecule has 1 fully saturated rings. The van der Waals surface area contributed by atoms with Gasteiger partial charge in [-0.25, -0.2) is 8.42 Å². The van der Waals surface area contributed by atoms with E-state index in [2.05, 4.69) is 15.9 Å². The standard InChI is InChI=1S/C16H21BrN2O4S/c1-2-24(22,23)19-11-9-18(10-12-19)16(21)8-7-15(20)13-3-5-14(17)6-4-13/h3-6H,2,7-12H2,1H3. The number of ketones is 1. The third-order valence-corrected chi connectivity index (χ3v) is 6.49. The molecule has 8 heteroatoms. The van der Waals surface area contributed by atoms with Crippen LogP contribution in [0, 0.1) is 0 Å². The number of hydrogen-bond donors (Lipinski definition) is 0. The van der Waals surface area contributed by atoms with Crippen molar-refractivity contribution in [1.82, 2.24) is 9.21 Å². The number of rotatable bonds is 6. The molecule has 1 aliphatic rings. The molecule has 1 amide bonds. The van der Waals surface area contributed by atoms with Gasteiger partial charge in [0, 0.05) is 49.1 Å². The largest absolute Gasteiger partial charge is 0.340 e. The molecule has 0 unspecified atom stereocenters. The number of amides is 1. The Balaban J connectivity index is 1.81. The summed E-state index contributed by atoms with van der Waals surface area (Å²) in [5.41, 5.74) is 0.588. The molecule has 1 aromatic rings. The predicted molar refractivity (Wildman–Crippen MR) is 95.3 cm³/mol. The molecule has 0 aromatic heterocycles. The fraction of sp³-hybridized carbons (Fsp3) is 0.500. The lowest BCUT2D eigenvalue weighted by atomic mass is 10.1. The SMILES string of the molecule is CCS(=O)(=O)N1CCN(C(=O)CCC(=O)c2ccc(Br)cc2)CC1. The molecular weight excluding hydrogens is 396 g/mol. The van der Waals surface area contributed by atoms with Crippen LogP contribution in [0.15, 0.2) is 28.7 Å². The van der Waals surface area contributed by atoms with E-state index in [9.17, 15) is 18.0 Å². The summed E-state index contributed by atoms with van der Waals surface area (Å²) in [7, 11) is -3.20. The first-order valence-electron chi connectivity index (χ1n) is 7.88. The zero-order valence-electron chi connectivity index (χ0n) is 13.6.